The van der Waals surface area contributed by atoms with E-state index in [0.29, 0.717) is 5.56 Å². The number of ketones is 1. The minimum atomic E-state index is -0.430. The van der Waals surface area contributed by atoms with E-state index in [0.717, 1.165) is 5.56 Å². The number of carbonyl (C=O) groups excluding carboxylic acids is 2. The number of Topliss-reactive ketones (excluding diaryl/α,β-unsaturated/α-hetero) is 1. The zero-order valence-corrected chi connectivity index (χ0v) is 14.5. The molecule has 0 fully saturated rings. The first-order chi connectivity index (χ1) is 12.4. The number of ether oxygens (including phenoxy) is 1. The van der Waals surface area contributed by atoms with Crippen molar-refractivity contribution in [2.24, 2.45) is 0 Å². The summed E-state index contributed by atoms with van der Waals surface area (Å²) in [6, 6.07) is 8.13. The van der Waals surface area contributed by atoms with Crippen molar-refractivity contribution in [1.29, 1.82) is 0 Å². The maximum Gasteiger partial charge on any atom is 0.258 e. The number of rotatable bonds is 5. The van der Waals surface area contributed by atoms with Gasteiger partial charge >= 0.3 is 0 Å². The zero-order valence-electron chi connectivity index (χ0n) is 14.5. The highest BCUT2D eigenvalue weighted by molar-refractivity contribution is 6.03. The zero-order chi connectivity index (χ0) is 18.8. The molecule has 2 aromatic rings. The summed E-state index contributed by atoms with van der Waals surface area (Å²) in [7, 11) is 0. The molecule has 0 saturated heterocycles. The molecular weight excluding hydrogens is 340 g/mol. The normalized spacial score (nSPS) is 16.9. The number of carbonyl (C=O) groups is 2. The molecule has 0 heterocycles. The van der Waals surface area contributed by atoms with Crippen LogP contribution in [0.5, 0.6) is 5.75 Å². The Morgan fingerprint density at radius 2 is 1.92 bits per heavy atom. The van der Waals surface area contributed by atoms with Crippen LogP contribution in [0, 0.1) is 11.6 Å². The van der Waals surface area contributed by atoms with Crippen LogP contribution in [0.15, 0.2) is 36.4 Å². The summed E-state index contributed by atoms with van der Waals surface area (Å²) >= 11 is 0. The SMILES string of the molecule is C[C@H](NC(=O)COc1ccc(F)c2c1C(=O)C[C@@H]2C)c1ccc(F)cc1. The molecule has 0 saturated carbocycles. The Morgan fingerprint density at radius 1 is 1.23 bits per heavy atom. The van der Waals surface area contributed by atoms with E-state index < -0.39 is 11.7 Å². The van der Waals surface area contributed by atoms with Gasteiger partial charge < -0.3 is 10.1 Å². The van der Waals surface area contributed by atoms with Crippen LogP contribution in [0.4, 0.5) is 8.78 Å². The quantitative estimate of drug-likeness (QED) is 0.881. The third-order valence-corrected chi connectivity index (χ3v) is 4.52. The minimum Gasteiger partial charge on any atom is -0.483 e. The Labute approximate surface area is 150 Å². The molecule has 2 atom stereocenters. The van der Waals surface area contributed by atoms with E-state index in [1.807, 2.05) is 0 Å². The lowest BCUT2D eigenvalue weighted by molar-refractivity contribution is -0.123. The lowest BCUT2D eigenvalue weighted by Crippen LogP contribution is -2.31. The molecule has 0 aliphatic heterocycles. The Kier molecular flexibility index (Phi) is 5.02. The number of benzene rings is 2. The Morgan fingerprint density at radius 3 is 2.62 bits per heavy atom. The van der Waals surface area contributed by atoms with Gasteiger partial charge in [0, 0.05) is 12.0 Å². The fraction of sp³-hybridized carbons (Fsp3) is 0.300. The van der Waals surface area contributed by atoms with Crippen LogP contribution in [0.1, 0.15) is 53.7 Å². The van der Waals surface area contributed by atoms with E-state index in [1.54, 1.807) is 26.0 Å². The smallest absolute Gasteiger partial charge is 0.258 e. The molecule has 0 spiro atoms. The van der Waals surface area contributed by atoms with Gasteiger partial charge in [0.15, 0.2) is 12.4 Å². The molecule has 1 N–H and O–H groups in total. The van der Waals surface area contributed by atoms with Gasteiger partial charge in [-0.15, -0.1) is 0 Å². The van der Waals surface area contributed by atoms with Crippen molar-refractivity contribution in [3.63, 3.8) is 0 Å². The van der Waals surface area contributed by atoms with Gasteiger partial charge in [0.25, 0.3) is 5.91 Å². The van der Waals surface area contributed by atoms with Gasteiger partial charge in [-0.1, -0.05) is 19.1 Å². The van der Waals surface area contributed by atoms with Gasteiger partial charge in [-0.3, -0.25) is 9.59 Å². The van der Waals surface area contributed by atoms with Crippen molar-refractivity contribution in [2.75, 3.05) is 6.61 Å². The average molecular weight is 359 g/mol. The summed E-state index contributed by atoms with van der Waals surface area (Å²) in [5.41, 5.74) is 1.34. The fourth-order valence-corrected chi connectivity index (χ4v) is 3.21. The first-order valence-corrected chi connectivity index (χ1v) is 8.40. The molecular formula is C20H19F2NO3. The van der Waals surface area contributed by atoms with Gasteiger partial charge in [0.05, 0.1) is 11.6 Å². The lowest BCUT2D eigenvalue weighted by Gasteiger charge is -2.16. The molecule has 0 unspecified atom stereocenters. The third-order valence-electron chi connectivity index (χ3n) is 4.52. The number of halogens is 2. The van der Waals surface area contributed by atoms with Gasteiger partial charge in [0.2, 0.25) is 0 Å². The number of hydrogen-bond acceptors (Lipinski definition) is 3. The largest absolute Gasteiger partial charge is 0.483 e. The number of fused-ring (bicyclic) bond motifs is 1. The minimum absolute atomic E-state index is 0.179. The molecule has 6 heteroatoms. The Bertz CT molecular complexity index is 849. The first-order valence-electron chi connectivity index (χ1n) is 8.40. The molecule has 0 bridgehead atoms. The van der Waals surface area contributed by atoms with E-state index in [9.17, 15) is 18.4 Å². The monoisotopic (exact) mass is 359 g/mol. The summed E-state index contributed by atoms with van der Waals surface area (Å²) in [5, 5.41) is 2.74. The predicted molar refractivity (Wildman–Crippen MR) is 92.2 cm³/mol. The second-order valence-electron chi connectivity index (χ2n) is 6.49. The number of hydrogen-bond donors (Lipinski definition) is 1. The fourth-order valence-electron chi connectivity index (χ4n) is 3.21. The molecule has 2 aromatic carbocycles. The average Bonchev–Trinajstić information content (AvgIpc) is 2.90. The van der Waals surface area contributed by atoms with E-state index in [1.165, 1.54) is 24.3 Å². The Hall–Kier alpha value is -2.76. The standard InChI is InChI=1S/C20H19F2NO3/c1-11-9-16(24)20-17(8-7-15(22)19(11)20)26-10-18(25)23-12(2)13-3-5-14(21)6-4-13/h3-8,11-12H,9-10H2,1-2H3,(H,23,25)/t11-,12-/m0/s1. The highest BCUT2D eigenvalue weighted by atomic mass is 19.1. The Balaban J connectivity index is 1.65. The predicted octanol–water partition coefficient (Wildman–Crippen LogP) is 3.91. The van der Waals surface area contributed by atoms with Crippen LogP contribution in [0.3, 0.4) is 0 Å². The summed E-state index contributed by atoms with van der Waals surface area (Å²) in [6.07, 6.45) is 0.237. The molecule has 1 aliphatic rings. The van der Waals surface area contributed by atoms with E-state index in [4.69, 9.17) is 4.74 Å². The van der Waals surface area contributed by atoms with Crippen molar-refractivity contribution >= 4 is 11.7 Å². The summed E-state index contributed by atoms with van der Waals surface area (Å²) < 4.78 is 32.4. The van der Waals surface area contributed by atoms with Crippen LogP contribution in [0.25, 0.3) is 0 Å². The van der Waals surface area contributed by atoms with Crippen molar-refractivity contribution in [2.45, 2.75) is 32.2 Å². The molecule has 26 heavy (non-hydrogen) atoms. The van der Waals surface area contributed by atoms with Crippen LogP contribution in [0.2, 0.25) is 0 Å². The molecule has 1 aliphatic carbocycles. The number of nitrogens with one attached hydrogen (secondary N) is 1. The lowest BCUT2D eigenvalue weighted by atomic mass is 10.0. The maximum absolute atomic E-state index is 14.0. The summed E-state index contributed by atoms with van der Waals surface area (Å²) in [6.45, 7) is 3.25. The third kappa shape index (κ3) is 3.59. The van der Waals surface area contributed by atoms with Gasteiger partial charge in [-0.05, 0) is 42.7 Å². The van der Waals surface area contributed by atoms with E-state index in [-0.39, 0.29) is 47.9 Å². The van der Waals surface area contributed by atoms with Crippen molar-refractivity contribution in [3.05, 3.63) is 64.7 Å². The molecule has 1 amide bonds. The molecule has 0 aromatic heterocycles. The van der Waals surface area contributed by atoms with Crippen molar-refractivity contribution < 1.29 is 23.1 Å². The summed E-state index contributed by atoms with van der Waals surface area (Å²) in [5.74, 6) is -1.33. The topological polar surface area (TPSA) is 55.4 Å². The summed E-state index contributed by atoms with van der Waals surface area (Å²) in [4.78, 5) is 24.2. The first kappa shape index (κ1) is 18.0. The molecule has 0 radical (unpaired) electrons. The van der Waals surface area contributed by atoms with E-state index >= 15 is 0 Å². The van der Waals surface area contributed by atoms with Crippen LogP contribution in [-0.2, 0) is 4.79 Å². The molecule has 136 valence electrons. The van der Waals surface area contributed by atoms with Crippen LogP contribution < -0.4 is 10.1 Å². The van der Waals surface area contributed by atoms with Crippen LogP contribution >= 0.6 is 0 Å². The van der Waals surface area contributed by atoms with E-state index in [2.05, 4.69) is 5.32 Å². The molecule has 3 rings (SSSR count). The highest BCUT2D eigenvalue weighted by Gasteiger charge is 2.32. The maximum atomic E-state index is 14.0. The second-order valence-corrected chi connectivity index (χ2v) is 6.49. The van der Waals surface area contributed by atoms with Gasteiger partial charge in [-0.2, -0.15) is 0 Å². The van der Waals surface area contributed by atoms with Crippen molar-refractivity contribution in [1.82, 2.24) is 5.32 Å². The highest BCUT2D eigenvalue weighted by Crippen LogP contribution is 2.39. The number of amides is 1. The second kappa shape index (κ2) is 7.23. The van der Waals surface area contributed by atoms with Gasteiger partial charge in [0.1, 0.15) is 17.4 Å². The van der Waals surface area contributed by atoms with Gasteiger partial charge in [-0.25, -0.2) is 8.78 Å². The van der Waals surface area contributed by atoms with Crippen molar-refractivity contribution in [3.8, 4) is 5.75 Å². The van der Waals surface area contributed by atoms with Crippen LogP contribution in [-0.4, -0.2) is 18.3 Å². The molecule has 4 nitrogen and oxygen atoms in total.